The molecule has 2 aliphatic rings. The molecule has 1 fully saturated rings. The quantitative estimate of drug-likeness (QED) is 0.890. The second kappa shape index (κ2) is 5.47. The van der Waals surface area contributed by atoms with Crippen LogP contribution in [0.5, 0.6) is 0 Å². The minimum absolute atomic E-state index is 0.0933. The summed E-state index contributed by atoms with van der Waals surface area (Å²) in [6, 6.07) is 8.63. The Morgan fingerprint density at radius 2 is 2.16 bits per heavy atom. The fourth-order valence-corrected chi connectivity index (χ4v) is 4.96. The van der Waals surface area contributed by atoms with Gasteiger partial charge in [-0.2, -0.15) is 11.8 Å². The van der Waals surface area contributed by atoms with Gasteiger partial charge in [0, 0.05) is 12.0 Å². The zero-order valence-electron chi connectivity index (χ0n) is 11.3. The van der Waals surface area contributed by atoms with E-state index in [1.54, 1.807) is 0 Å². The predicted octanol–water partition coefficient (Wildman–Crippen LogP) is 2.23. The van der Waals surface area contributed by atoms with E-state index in [0.717, 1.165) is 31.4 Å². The van der Waals surface area contributed by atoms with Crippen molar-refractivity contribution in [3.8, 4) is 0 Å². The van der Waals surface area contributed by atoms with Gasteiger partial charge in [0.15, 0.2) is 0 Å². The molecule has 19 heavy (non-hydrogen) atoms. The molecule has 3 unspecified atom stereocenters. The van der Waals surface area contributed by atoms with Crippen molar-refractivity contribution in [2.75, 3.05) is 18.1 Å². The molecule has 3 heteroatoms. The van der Waals surface area contributed by atoms with Crippen molar-refractivity contribution in [3.63, 3.8) is 0 Å². The Balaban J connectivity index is 1.84. The third kappa shape index (κ3) is 2.44. The summed E-state index contributed by atoms with van der Waals surface area (Å²) in [6.45, 7) is 0.601. The summed E-state index contributed by atoms with van der Waals surface area (Å²) >= 11 is 1.97. The largest absolute Gasteiger partial charge is 0.392 e. The topological polar surface area (TPSA) is 46.2 Å². The van der Waals surface area contributed by atoms with Crippen LogP contribution in [0.1, 0.15) is 24.0 Å². The predicted molar refractivity (Wildman–Crippen MR) is 81.4 cm³/mol. The number of hydrogen-bond donors (Lipinski definition) is 2. The second-order valence-corrected chi connectivity index (χ2v) is 7.23. The van der Waals surface area contributed by atoms with Gasteiger partial charge in [0.1, 0.15) is 0 Å². The normalized spacial score (nSPS) is 32.0. The number of aryl methyl sites for hydroxylation is 1. The summed E-state index contributed by atoms with van der Waals surface area (Å²) in [5.74, 6) is 2.74. The van der Waals surface area contributed by atoms with Crippen LogP contribution in [0.2, 0.25) is 0 Å². The van der Waals surface area contributed by atoms with E-state index in [-0.39, 0.29) is 11.5 Å². The smallest absolute Gasteiger partial charge is 0.0648 e. The molecule has 0 amide bonds. The Morgan fingerprint density at radius 3 is 2.84 bits per heavy atom. The molecule has 0 spiro atoms. The summed E-state index contributed by atoms with van der Waals surface area (Å²) in [4.78, 5) is 0. The lowest BCUT2D eigenvalue weighted by atomic mass is 9.65. The summed E-state index contributed by atoms with van der Waals surface area (Å²) in [5.41, 5.74) is 8.84. The Bertz CT molecular complexity index is 444. The van der Waals surface area contributed by atoms with Gasteiger partial charge in [0.2, 0.25) is 0 Å². The van der Waals surface area contributed by atoms with Gasteiger partial charge in [-0.15, -0.1) is 0 Å². The molecule has 1 aliphatic heterocycles. The average molecular weight is 277 g/mol. The van der Waals surface area contributed by atoms with Gasteiger partial charge in [-0.3, -0.25) is 0 Å². The number of fused-ring (bicyclic) bond motifs is 1. The maximum Gasteiger partial charge on any atom is 0.0648 e. The SMILES string of the molecule is NCC1(C(O)C2CCSC2)CCc2ccccc2C1. The van der Waals surface area contributed by atoms with Crippen molar-refractivity contribution in [1.29, 1.82) is 0 Å². The molecular formula is C16H23NOS. The number of nitrogens with two attached hydrogens (primary N) is 1. The fraction of sp³-hybridized carbons (Fsp3) is 0.625. The van der Waals surface area contributed by atoms with Crippen LogP contribution >= 0.6 is 11.8 Å². The first-order chi connectivity index (χ1) is 9.25. The molecule has 1 aromatic rings. The lowest BCUT2D eigenvalue weighted by Crippen LogP contribution is -2.49. The van der Waals surface area contributed by atoms with E-state index >= 15 is 0 Å². The molecule has 3 N–H and O–H groups in total. The molecule has 0 bridgehead atoms. The molecule has 0 saturated carbocycles. The van der Waals surface area contributed by atoms with Crippen LogP contribution in [0, 0.1) is 11.3 Å². The zero-order chi connectivity index (χ0) is 13.3. The van der Waals surface area contributed by atoms with Crippen molar-refractivity contribution in [3.05, 3.63) is 35.4 Å². The lowest BCUT2D eigenvalue weighted by molar-refractivity contribution is -0.0161. The monoisotopic (exact) mass is 277 g/mol. The van der Waals surface area contributed by atoms with E-state index in [2.05, 4.69) is 24.3 Å². The van der Waals surface area contributed by atoms with E-state index < -0.39 is 0 Å². The first-order valence-corrected chi connectivity index (χ1v) is 8.43. The van der Waals surface area contributed by atoms with Gasteiger partial charge in [0.25, 0.3) is 0 Å². The Kier molecular flexibility index (Phi) is 3.88. The molecule has 1 aromatic carbocycles. The van der Waals surface area contributed by atoms with Crippen molar-refractivity contribution < 1.29 is 5.11 Å². The molecule has 104 valence electrons. The summed E-state index contributed by atoms with van der Waals surface area (Å²) in [5, 5.41) is 10.9. The van der Waals surface area contributed by atoms with E-state index in [4.69, 9.17) is 5.73 Å². The third-order valence-corrected chi connectivity index (χ3v) is 6.19. The van der Waals surface area contributed by atoms with Gasteiger partial charge >= 0.3 is 0 Å². The van der Waals surface area contributed by atoms with E-state index in [1.165, 1.54) is 16.9 Å². The van der Waals surface area contributed by atoms with Crippen LogP contribution in [0.4, 0.5) is 0 Å². The minimum Gasteiger partial charge on any atom is -0.392 e. The van der Waals surface area contributed by atoms with Crippen LogP contribution in [0.15, 0.2) is 24.3 Å². The number of rotatable bonds is 3. The number of thioether (sulfide) groups is 1. The maximum absolute atomic E-state index is 10.9. The maximum atomic E-state index is 10.9. The molecule has 0 radical (unpaired) electrons. The Hall–Kier alpha value is -0.510. The summed E-state index contributed by atoms with van der Waals surface area (Å²) < 4.78 is 0. The van der Waals surface area contributed by atoms with Crippen molar-refractivity contribution in [2.45, 2.75) is 31.8 Å². The van der Waals surface area contributed by atoms with Crippen molar-refractivity contribution in [1.82, 2.24) is 0 Å². The van der Waals surface area contributed by atoms with Gasteiger partial charge in [-0.05, 0) is 54.2 Å². The lowest BCUT2D eigenvalue weighted by Gasteiger charge is -2.43. The first-order valence-electron chi connectivity index (χ1n) is 7.28. The summed E-state index contributed by atoms with van der Waals surface area (Å²) in [7, 11) is 0. The van der Waals surface area contributed by atoms with Crippen LogP contribution < -0.4 is 5.73 Å². The zero-order valence-corrected chi connectivity index (χ0v) is 12.2. The van der Waals surface area contributed by atoms with Crippen molar-refractivity contribution in [2.24, 2.45) is 17.1 Å². The Labute approximate surface area is 119 Å². The van der Waals surface area contributed by atoms with Crippen LogP contribution in [-0.4, -0.2) is 29.3 Å². The molecule has 1 aliphatic carbocycles. The van der Waals surface area contributed by atoms with Crippen LogP contribution in [0.3, 0.4) is 0 Å². The number of hydrogen-bond acceptors (Lipinski definition) is 3. The van der Waals surface area contributed by atoms with Crippen molar-refractivity contribution >= 4 is 11.8 Å². The van der Waals surface area contributed by atoms with Gasteiger partial charge in [-0.25, -0.2) is 0 Å². The fourth-order valence-electron chi connectivity index (χ4n) is 3.67. The van der Waals surface area contributed by atoms with Crippen LogP contribution in [0.25, 0.3) is 0 Å². The van der Waals surface area contributed by atoms with E-state index in [9.17, 15) is 5.11 Å². The van der Waals surface area contributed by atoms with E-state index in [1.807, 2.05) is 11.8 Å². The highest BCUT2D eigenvalue weighted by Crippen LogP contribution is 2.42. The highest BCUT2D eigenvalue weighted by atomic mass is 32.2. The standard InChI is InChI=1S/C16H23NOS/c17-11-16(15(18)14-6-8-19-10-14)7-5-12-3-1-2-4-13(12)9-16/h1-4,14-15,18H,5-11,17H2. The molecule has 1 saturated heterocycles. The molecular weight excluding hydrogens is 254 g/mol. The third-order valence-electron chi connectivity index (χ3n) is 5.00. The molecule has 0 aromatic heterocycles. The number of aliphatic hydroxyl groups excluding tert-OH is 1. The molecule has 3 rings (SSSR count). The molecule has 2 nitrogen and oxygen atoms in total. The second-order valence-electron chi connectivity index (χ2n) is 6.08. The highest BCUT2D eigenvalue weighted by Gasteiger charge is 2.43. The summed E-state index contributed by atoms with van der Waals surface area (Å²) in [6.07, 6.45) is 3.95. The highest BCUT2D eigenvalue weighted by molar-refractivity contribution is 7.99. The molecule has 3 atom stereocenters. The number of benzene rings is 1. The Morgan fingerprint density at radius 1 is 1.37 bits per heavy atom. The first kappa shape index (κ1) is 13.5. The van der Waals surface area contributed by atoms with Gasteiger partial charge in [0.05, 0.1) is 6.10 Å². The number of aliphatic hydroxyl groups is 1. The van der Waals surface area contributed by atoms with E-state index in [0.29, 0.717) is 12.5 Å². The minimum atomic E-state index is -0.235. The van der Waals surface area contributed by atoms with Gasteiger partial charge in [-0.1, -0.05) is 24.3 Å². The van der Waals surface area contributed by atoms with Crippen LogP contribution in [-0.2, 0) is 12.8 Å². The average Bonchev–Trinajstić information content (AvgIpc) is 3.00. The molecule has 1 heterocycles. The van der Waals surface area contributed by atoms with Gasteiger partial charge < -0.3 is 10.8 Å².